The molecule has 1 aliphatic rings. The van der Waals surface area contributed by atoms with Crippen molar-refractivity contribution in [1.29, 1.82) is 0 Å². The Morgan fingerprint density at radius 2 is 1.56 bits per heavy atom. The smallest absolute Gasteiger partial charge is 0.216 e. The SMILES string of the molecule is O=S(=O)(Cc1ccc(F)cc1)NC1CCN(Cc2ccc(F)c(F)c2)CC1. The van der Waals surface area contributed by atoms with Crippen LogP contribution in [-0.4, -0.2) is 32.4 Å². The monoisotopic (exact) mass is 398 g/mol. The Labute approximate surface area is 157 Å². The number of nitrogens with one attached hydrogen (secondary N) is 1. The number of rotatable bonds is 6. The van der Waals surface area contributed by atoms with Crippen molar-refractivity contribution in [2.24, 2.45) is 0 Å². The molecule has 1 saturated heterocycles. The van der Waals surface area contributed by atoms with Gasteiger partial charge in [-0.1, -0.05) is 18.2 Å². The Hall–Kier alpha value is -1.90. The van der Waals surface area contributed by atoms with Crippen LogP contribution in [0.4, 0.5) is 13.2 Å². The van der Waals surface area contributed by atoms with Gasteiger partial charge in [-0.2, -0.15) is 0 Å². The minimum Gasteiger partial charge on any atom is -0.299 e. The average Bonchev–Trinajstić information content (AvgIpc) is 2.61. The third-order valence-electron chi connectivity index (χ3n) is 4.59. The zero-order valence-electron chi connectivity index (χ0n) is 14.7. The van der Waals surface area contributed by atoms with Gasteiger partial charge in [0, 0.05) is 25.7 Å². The lowest BCUT2D eigenvalue weighted by Crippen LogP contribution is -2.44. The fourth-order valence-corrected chi connectivity index (χ4v) is 4.66. The summed E-state index contributed by atoms with van der Waals surface area (Å²) in [6.07, 6.45) is 1.26. The number of sulfonamides is 1. The molecule has 27 heavy (non-hydrogen) atoms. The van der Waals surface area contributed by atoms with E-state index in [1.807, 2.05) is 0 Å². The van der Waals surface area contributed by atoms with Crippen LogP contribution in [0.3, 0.4) is 0 Å². The van der Waals surface area contributed by atoms with Gasteiger partial charge in [0.1, 0.15) is 5.82 Å². The molecule has 3 rings (SSSR count). The highest BCUT2D eigenvalue weighted by Gasteiger charge is 2.24. The quantitative estimate of drug-likeness (QED) is 0.813. The predicted octanol–water partition coefficient (Wildman–Crippen LogP) is 3.19. The van der Waals surface area contributed by atoms with E-state index >= 15 is 0 Å². The molecule has 0 spiro atoms. The standard InChI is InChI=1S/C19H21F3N2O2S/c20-16-4-1-14(2-5-16)13-27(25,26)23-17-7-9-24(10-8-17)12-15-3-6-18(21)19(22)11-15/h1-6,11,17,23H,7-10,12-13H2. The zero-order chi connectivity index (χ0) is 19.4. The number of halogens is 3. The molecule has 0 atom stereocenters. The summed E-state index contributed by atoms with van der Waals surface area (Å²) in [5.74, 6) is -2.33. The van der Waals surface area contributed by atoms with Gasteiger partial charge in [0.05, 0.1) is 5.75 Å². The van der Waals surface area contributed by atoms with Gasteiger partial charge < -0.3 is 0 Å². The second kappa shape index (κ2) is 8.41. The van der Waals surface area contributed by atoms with E-state index in [0.29, 0.717) is 43.6 Å². The summed E-state index contributed by atoms with van der Waals surface area (Å²) < 4.78 is 66.5. The van der Waals surface area contributed by atoms with Crippen LogP contribution >= 0.6 is 0 Å². The van der Waals surface area contributed by atoms with Crippen molar-refractivity contribution in [3.63, 3.8) is 0 Å². The molecule has 0 unspecified atom stereocenters. The number of nitrogens with zero attached hydrogens (tertiary/aromatic N) is 1. The lowest BCUT2D eigenvalue weighted by atomic mass is 10.1. The Morgan fingerprint density at radius 1 is 0.926 bits per heavy atom. The van der Waals surface area contributed by atoms with Gasteiger partial charge in [-0.05, 0) is 48.2 Å². The first-order chi connectivity index (χ1) is 12.8. The predicted molar refractivity (Wildman–Crippen MR) is 96.8 cm³/mol. The molecule has 2 aromatic carbocycles. The van der Waals surface area contributed by atoms with E-state index in [0.717, 1.165) is 6.07 Å². The van der Waals surface area contributed by atoms with Crippen LogP contribution in [-0.2, 0) is 22.3 Å². The number of piperidine rings is 1. The highest BCUT2D eigenvalue weighted by molar-refractivity contribution is 7.88. The van der Waals surface area contributed by atoms with Crippen molar-refractivity contribution < 1.29 is 21.6 Å². The lowest BCUT2D eigenvalue weighted by molar-refractivity contribution is 0.199. The summed E-state index contributed by atoms with van der Waals surface area (Å²) >= 11 is 0. The Balaban J connectivity index is 1.49. The lowest BCUT2D eigenvalue weighted by Gasteiger charge is -2.32. The summed E-state index contributed by atoms with van der Waals surface area (Å²) in [5, 5.41) is 0. The highest BCUT2D eigenvalue weighted by atomic mass is 32.2. The Kier molecular flexibility index (Phi) is 6.18. The topological polar surface area (TPSA) is 49.4 Å². The van der Waals surface area contributed by atoms with Crippen molar-refractivity contribution in [2.45, 2.75) is 31.2 Å². The van der Waals surface area contributed by atoms with Crippen LogP contribution < -0.4 is 4.72 Å². The third kappa shape index (κ3) is 5.79. The van der Waals surface area contributed by atoms with E-state index in [2.05, 4.69) is 9.62 Å². The minimum absolute atomic E-state index is 0.170. The molecule has 0 bridgehead atoms. The van der Waals surface area contributed by atoms with E-state index in [-0.39, 0.29) is 11.8 Å². The van der Waals surface area contributed by atoms with Gasteiger partial charge in [0.2, 0.25) is 10.0 Å². The second-order valence-electron chi connectivity index (χ2n) is 6.80. The van der Waals surface area contributed by atoms with Crippen LogP contribution in [0.15, 0.2) is 42.5 Å². The molecule has 1 N–H and O–H groups in total. The van der Waals surface area contributed by atoms with E-state index in [4.69, 9.17) is 0 Å². The molecule has 146 valence electrons. The third-order valence-corrected chi connectivity index (χ3v) is 6.00. The molecule has 8 heteroatoms. The number of hydrogen-bond acceptors (Lipinski definition) is 3. The van der Waals surface area contributed by atoms with Crippen molar-refractivity contribution in [3.05, 3.63) is 71.0 Å². The van der Waals surface area contributed by atoms with Crippen molar-refractivity contribution in [1.82, 2.24) is 9.62 Å². The van der Waals surface area contributed by atoms with Gasteiger partial charge >= 0.3 is 0 Å². The van der Waals surface area contributed by atoms with Gasteiger partial charge in [-0.15, -0.1) is 0 Å². The van der Waals surface area contributed by atoms with E-state index in [9.17, 15) is 21.6 Å². The number of hydrogen-bond donors (Lipinski definition) is 1. The molecule has 0 saturated carbocycles. The summed E-state index contributed by atoms with van der Waals surface area (Å²) in [5.41, 5.74) is 1.21. The fourth-order valence-electron chi connectivity index (χ4n) is 3.20. The molecule has 0 radical (unpaired) electrons. The molecular weight excluding hydrogens is 377 g/mol. The number of likely N-dealkylation sites (tertiary alicyclic amines) is 1. The summed E-state index contributed by atoms with van der Waals surface area (Å²) in [7, 11) is -3.52. The second-order valence-corrected chi connectivity index (χ2v) is 8.56. The molecule has 1 fully saturated rings. The normalized spacial score (nSPS) is 16.6. The Morgan fingerprint density at radius 3 is 2.19 bits per heavy atom. The van der Waals surface area contributed by atoms with Crippen LogP contribution in [0.5, 0.6) is 0 Å². The van der Waals surface area contributed by atoms with Gasteiger partial charge in [0.25, 0.3) is 0 Å². The molecule has 4 nitrogen and oxygen atoms in total. The molecule has 1 aliphatic heterocycles. The molecule has 2 aromatic rings. The maximum atomic E-state index is 13.3. The van der Waals surface area contributed by atoms with Gasteiger partial charge in [-0.25, -0.2) is 26.3 Å². The minimum atomic E-state index is -3.52. The highest BCUT2D eigenvalue weighted by Crippen LogP contribution is 2.17. The van der Waals surface area contributed by atoms with Crippen LogP contribution in [0.25, 0.3) is 0 Å². The molecular formula is C19H21F3N2O2S. The van der Waals surface area contributed by atoms with E-state index in [1.165, 1.54) is 30.3 Å². The van der Waals surface area contributed by atoms with Crippen LogP contribution in [0.1, 0.15) is 24.0 Å². The molecule has 1 heterocycles. The van der Waals surface area contributed by atoms with Crippen molar-refractivity contribution >= 4 is 10.0 Å². The summed E-state index contributed by atoms with van der Waals surface area (Å²) in [4.78, 5) is 2.08. The average molecular weight is 398 g/mol. The van der Waals surface area contributed by atoms with Crippen LogP contribution in [0.2, 0.25) is 0 Å². The summed E-state index contributed by atoms with van der Waals surface area (Å²) in [6.45, 7) is 1.80. The van der Waals surface area contributed by atoms with Crippen molar-refractivity contribution in [3.8, 4) is 0 Å². The maximum Gasteiger partial charge on any atom is 0.216 e. The first-order valence-electron chi connectivity index (χ1n) is 8.71. The zero-order valence-corrected chi connectivity index (χ0v) is 15.5. The maximum absolute atomic E-state index is 13.3. The van der Waals surface area contributed by atoms with Gasteiger partial charge in [-0.3, -0.25) is 4.90 Å². The Bertz CT molecular complexity index is 880. The van der Waals surface area contributed by atoms with E-state index < -0.39 is 27.5 Å². The first-order valence-corrected chi connectivity index (χ1v) is 10.4. The number of benzene rings is 2. The molecule has 0 aromatic heterocycles. The molecule has 0 amide bonds. The van der Waals surface area contributed by atoms with E-state index in [1.54, 1.807) is 6.07 Å². The van der Waals surface area contributed by atoms with Crippen LogP contribution in [0, 0.1) is 17.5 Å². The van der Waals surface area contributed by atoms with Gasteiger partial charge in [0.15, 0.2) is 11.6 Å². The molecule has 0 aliphatic carbocycles. The first kappa shape index (κ1) is 19.9. The summed E-state index contributed by atoms with van der Waals surface area (Å²) in [6, 6.07) is 9.07. The largest absolute Gasteiger partial charge is 0.299 e. The fraction of sp³-hybridized carbons (Fsp3) is 0.368. The van der Waals surface area contributed by atoms with Crippen molar-refractivity contribution in [2.75, 3.05) is 13.1 Å².